The number of benzene rings is 1. The van der Waals surface area contributed by atoms with Gasteiger partial charge < -0.3 is 4.98 Å². The van der Waals surface area contributed by atoms with E-state index in [1.165, 1.54) is 24.4 Å². The zero-order chi connectivity index (χ0) is 12.0. The van der Waals surface area contributed by atoms with Crippen LogP contribution in [0.3, 0.4) is 0 Å². The van der Waals surface area contributed by atoms with Crippen molar-refractivity contribution < 1.29 is 21.6 Å². The van der Waals surface area contributed by atoms with Gasteiger partial charge in [-0.1, -0.05) is 6.07 Å². The summed E-state index contributed by atoms with van der Waals surface area (Å²) in [6, 6.07) is 5.01. The number of aromatic amines is 1. The van der Waals surface area contributed by atoms with Crippen molar-refractivity contribution >= 4 is 20.7 Å². The molecule has 3 nitrogen and oxygen atoms in total. The highest BCUT2D eigenvalue weighted by Gasteiger charge is 2.47. The highest BCUT2D eigenvalue weighted by atomic mass is 32.2. The normalized spacial score (nSPS) is 13.2. The summed E-state index contributed by atoms with van der Waals surface area (Å²) in [6.07, 6.45) is 1.39. The maximum atomic E-state index is 12.4. The van der Waals surface area contributed by atoms with Crippen LogP contribution in [0.25, 0.3) is 10.9 Å². The lowest BCUT2D eigenvalue weighted by Gasteiger charge is -2.08. The second-order valence-corrected chi connectivity index (χ2v) is 5.05. The largest absolute Gasteiger partial charge is 0.501 e. The number of nitrogens with one attached hydrogen (secondary N) is 1. The summed E-state index contributed by atoms with van der Waals surface area (Å²) in [7, 11) is -5.29. The molecule has 1 N–H and O–H groups in total. The van der Waals surface area contributed by atoms with E-state index >= 15 is 0 Å². The van der Waals surface area contributed by atoms with Crippen LogP contribution < -0.4 is 0 Å². The summed E-state index contributed by atoms with van der Waals surface area (Å²) >= 11 is 0. The Morgan fingerprint density at radius 3 is 2.44 bits per heavy atom. The number of hydrogen-bond acceptors (Lipinski definition) is 2. The first-order valence-corrected chi connectivity index (χ1v) is 5.70. The maximum absolute atomic E-state index is 12.4. The first kappa shape index (κ1) is 11.0. The summed E-state index contributed by atoms with van der Waals surface area (Å²) in [4.78, 5) is 1.93. The number of sulfone groups is 1. The third-order valence-electron chi connectivity index (χ3n) is 2.15. The molecule has 0 amide bonds. The van der Waals surface area contributed by atoms with E-state index in [1.807, 2.05) is 0 Å². The molecule has 1 aromatic heterocycles. The molecule has 0 aliphatic carbocycles. The minimum absolute atomic E-state index is 0.0415. The Bertz CT molecular complexity index is 627. The first-order chi connectivity index (χ1) is 7.34. The Morgan fingerprint density at radius 1 is 1.12 bits per heavy atom. The molecular weight excluding hydrogens is 243 g/mol. The van der Waals surface area contributed by atoms with Gasteiger partial charge in [0, 0.05) is 17.1 Å². The second kappa shape index (κ2) is 3.24. The molecule has 0 saturated carbocycles. The van der Waals surface area contributed by atoms with Gasteiger partial charge in [0.1, 0.15) is 0 Å². The molecule has 2 rings (SSSR count). The van der Waals surface area contributed by atoms with Gasteiger partial charge in [-0.05, 0) is 18.2 Å². The highest BCUT2D eigenvalue weighted by Crippen LogP contribution is 2.33. The van der Waals surface area contributed by atoms with Crippen LogP contribution in [-0.4, -0.2) is 18.9 Å². The third-order valence-corrected chi connectivity index (χ3v) is 3.69. The summed E-state index contributed by atoms with van der Waals surface area (Å²) in [5, 5.41) is 0.0415. The predicted octanol–water partition coefficient (Wildman–Crippen LogP) is 2.46. The Hall–Kier alpha value is -1.50. The number of alkyl halides is 3. The summed E-state index contributed by atoms with van der Waals surface area (Å²) < 4.78 is 59.5. The minimum atomic E-state index is -5.29. The van der Waals surface area contributed by atoms with Crippen molar-refractivity contribution in [2.75, 3.05) is 0 Å². The number of rotatable bonds is 1. The fourth-order valence-electron chi connectivity index (χ4n) is 1.42. The molecule has 0 atom stereocenters. The first-order valence-electron chi connectivity index (χ1n) is 4.21. The topological polar surface area (TPSA) is 49.9 Å². The maximum Gasteiger partial charge on any atom is 0.501 e. The van der Waals surface area contributed by atoms with E-state index in [-0.39, 0.29) is 5.39 Å². The van der Waals surface area contributed by atoms with Crippen LogP contribution in [0.4, 0.5) is 13.2 Å². The van der Waals surface area contributed by atoms with E-state index in [2.05, 4.69) is 4.98 Å². The quantitative estimate of drug-likeness (QED) is 0.844. The minimum Gasteiger partial charge on any atom is -0.361 e. The Labute approximate surface area is 88.8 Å². The zero-order valence-corrected chi connectivity index (χ0v) is 8.56. The highest BCUT2D eigenvalue weighted by molar-refractivity contribution is 7.92. The van der Waals surface area contributed by atoms with Crippen molar-refractivity contribution in [1.29, 1.82) is 0 Å². The van der Waals surface area contributed by atoms with Crippen molar-refractivity contribution in [3.05, 3.63) is 30.5 Å². The van der Waals surface area contributed by atoms with Gasteiger partial charge >= 0.3 is 5.51 Å². The molecular formula is C9H6F3NO2S. The van der Waals surface area contributed by atoms with Crippen LogP contribution in [-0.2, 0) is 9.84 Å². The lowest BCUT2D eigenvalue weighted by molar-refractivity contribution is -0.0435. The molecule has 16 heavy (non-hydrogen) atoms. The molecule has 1 aromatic carbocycles. The molecule has 0 saturated heterocycles. The van der Waals surface area contributed by atoms with Gasteiger partial charge in [-0.3, -0.25) is 0 Å². The fraction of sp³-hybridized carbons (Fsp3) is 0.111. The molecule has 0 bridgehead atoms. The summed E-state index contributed by atoms with van der Waals surface area (Å²) in [5.74, 6) is 0. The number of H-pyrrole nitrogens is 1. The van der Waals surface area contributed by atoms with E-state index in [1.54, 1.807) is 0 Å². The molecule has 0 aliphatic rings. The van der Waals surface area contributed by atoms with E-state index in [0.717, 1.165) is 6.07 Å². The average Bonchev–Trinajstić information content (AvgIpc) is 2.62. The summed E-state index contributed by atoms with van der Waals surface area (Å²) in [5.41, 5.74) is -4.93. The van der Waals surface area contributed by atoms with Crippen molar-refractivity contribution in [2.45, 2.75) is 10.4 Å². The second-order valence-electron chi connectivity index (χ2n) is 3.14. The van der Waals surface area contributed by atoms with E-state index in [4.69, 9.17) is 0 Å². The molecule has 0 radical (unpaired) electrons. The molecule has 0 fully saturated rings. The van der Waals surface area contributed by atoms with Gasteiger partial charge in [0.05, 0.1) is 4.90 Å². The third kappa shape index (κ3) is 1.47. The van der Waals surface area contributed by atoms with Gasteiger partial charge in [0.15, 0.2) is 0 Å². The Morgan fingerprint density at radius 2 is 1.81 bits per heavy atom. The van der Waals surface area contributed by atoms with Gasteiger partial charge in [-0.15, -0.1) is 0 Å². The van der Waals surface area contributed by atoms with Gasteiger partial charge in [-0.25, -0.2) is 8.42 Å². The number of hydrogen-bond donors (Lipinski definition) is 1. The Kier molecular flexibility index (Phi) is 2.23. The molecule has 1 heterocycles. The number of aromatic nitrogens is 1. The number of halogens is 3. The molecule has 2 aromatic rings. The van der Waals surface area contributed by atoms with Crippen LogP contribution >= 0.6 is 0 Å². The van der Waals surface area contributed by atoms with Crippen LogP contribution in [0, 0.1) is 0 Å². The standard InChI is InChI=1S/C9H6F3NO2S/c10-9(11,12)16(14,15)8-3-1-2-7-6(8)4-5-13-7/h1-5,13H. The van der Waals surface area contributed by atoms with Gasteiger partial charge in [0.25, 0.3) is 9.84 Å². The molecule has 0 aliphatic heterocycles. The number of fused-ring (bicyclic) bond motifs is 1. The average molecular weight is 249 g/mol. The SMILES string of the molecule is O=S(=O)(c1cccc2[nH]ccc12)C(F)(F)F. The molecule has 0 unspecified atom stereocenters. The van der Waals surface area contributed by atoms with Crippen molar-refractivity contribution in [3.63, 3.8) is 0 Å². The van der Waals surface area contributed by atoms with Crippen LogP contribution in [0.15, 0.2) is 35.4 Å². The van der Waals surface area contributed by atoms with Crippen molar-refractivity contribution in [1.82, 2.24) is 4.98 Å². The molecule has 7 heteroatoms. The van der Waals surface area contributed by atoms with E-state index in [9.17, 15) is 21.6 Å². The fourth-order valence-corrected chi connectivity index (χ4v) is 2.39. The van der Waals surface area contributed by atoms with Crippen molar-refractivity contribution in [3.8, 4) is 0 Å². The van der Waals surface area contributed by atoms with Crippen LogP contribution in [0.1, 0.15) is 0 Å². The Balaban J connectivity index is 2.79. The lowest BCUT2D eigenvalue weighted by Crippen LogP contribution is -2.23. The van der Waals surface area contributed by atoms with Gasteiger partial charge in [-0.2, -0.15) is 13.2 Å². The zero-order valence-electron chi connectivity index (χ0n) is 7.75. The molecule has 0 spiro atoms. The predicted molar refractivity (Wildman–Crippen MR) is 51.5 cm³/mol. The van der Waals surface area contributed by atoms with E-state index in [0.29, 0.717) is 5.52 Å². The van der Waals surface area contributed by atoms with Crippen LogP contribution in [0.5, 0.6) is 0 Å². The van der Waals surface area contributed by atoms with Crippen molar-refractivity contribution in [2.24, 2.45) is 0 Å². The van der Waals surface area contributed by atoms with E-state index < -0.39 is 20.2 Å². The monoisotopic (exact) mass is 249 g/mol. The lowest BCUT2D eigenvalue weighted by atomic mass is 10.2. The van der Waals surface area contributed by atoms with Crippen LogP contribution in [0.2, 0.25) is 0 Å². The van der Waals surface area contributed by atoms with Gasteiger partial charge in [0.2, 0.25) is 0 Å². The smallest absolute Gasteiger partial charge is 0.361 e. The molecule has 86 valence electrons. The summed E-state index contributed by atoms with van der Waals surface area (Å²) in [6.45, 7) is 0.